The van der Waals surface area contributed by atoms with Crippen molar-refractivity contribution in [3.8, 4) is 17.2 Å². The Hall–Kier alpha value is -1.97. The summed E-state index contributed by atoms with van der Waals surface area (Å²) < 4.78 is 21.4. The third-order valence-electron chi connectivity index (χ3n) is 2.00. The van der Waals surface area contributed by atoms with Crippen molar-refractivity contribution in [2.75, 3.05) is 0 Å². The highest BCUT2D eigenvalue weighted by Gasteiger charge is 2.24. The number of para-hydroxylation sites is 1. The predicted octanol–water partition coefficient (Wildman–Crippen LogP) is 2.95. The fraction of sp³-hybridized carbons (Fsp3) is 0. The van der Waals surface area contributed by atoms with Crippen LogP contribution < -0.4 is 9.05 Å². The Bertz CT molecular complexity index is 570. The van der Waals surface area contributed by atoms with E-state index in [1.54, 1.807) is 18.2 Å². The fourth-order valence-electron chi connectivity index (χ4n) is 1.31. The minimum atomic E-state index is -4.27. The molecule has 2 aromatic rings. The summed E-state index contributed by atoms with van der Waals surface area (Å²) in [6.45, 7) is 0. The first-order chi connectivity index (χ1) is 8.55. The molecule has 6 heteroatoms. The van der Waals surface area contributed by atoms with Crippen molar-refractivity contribution in [1.29, 1.82) is 0 Å². The van der Waals surface area contributed by atoms with Gasteiger partial charge >= 0.3 is 7.82 Å². The van der Waals surface area contributed by atoms with Crippen LogP contribution in [0.5, 0.6) is 17.2 Å². The number of phosphoric ester groups is 1. The average Bonchev–Trinajstić information content (AvgIpc) is 2.28. The molecule has 0 aliphatic heterocycles. The summed E-state index contributed by atoms with van der Waals surface area (Å²) in [7, 11) is -4.27. The summed E-state index contributed by atoms with van der Waals surface area (Å²) in [6.07, 6.45) is 0. The molecule has 0 aliphatic carbocycles. The van der Waals surface area contributed by atoms with Gasteiger partial charge in [0.05, 0.1) is 0 Å². The molecule has 0 heterocycles. The lowest BCUT2D eigenvalue weighted by Gasteiger charge is -2.13. The van der Waals surface area contributed by atoms with Crippen LogP contribution >= 0.6 is 7.82 Å². The number of hydrogen-bond donors (Lipinski definition) is 2. The van der Waals surface area contributed by atoms with E-state index in [1.807, 2.05) is 0 Å². The van der Waals surface area contributed by atoms with Crippen LogP contribution in [0.3, 0.4) is 0 Å². The number of benzene rings is 2. The lowest BCUT2D eigenvalue weighted by atomic mass is 10.3. The maximum absolute atomic E-state index is 11.7. The molecule has 0 saturated carbocycles. The minimum Gasteiger partial charge on any atom is -0.508 e. The summed E-state index contributed by atoms with van der Waals surface area (Å²) in [6, 6.07) is 13.7. The van der Waals surface area contributed by atoms with Gasteiger partial charge in [0.15, 0.2) is 0 Å². The summed E-state index contributed by atoms with van der Waals surface area (Å²) >= 11 is 0. The van der Waals surface area contributed by atoms with Crippen LogP contribution in [0.2, 0.25) is 0 Å². The summed E-state index contributed by atoms with van der Waals surface area (Å²) in [5, 5.41) is 9.21. The lowest BCUT2D eigenvalue weighted by molar-refractivity contribution is 0.290. The molecule has 5 nitrogen and oxygen atoms in total. The Morgan fingerprint density at radius 1 is 0.889 bits per heavy atom. The molecule has 1 atom stereocenters. The van der Waals surface area contributed by atoms with Crippen molar-refractivity contribution in [3.05, 3.63) is 54.6 Å². The molecule has 0 spiro atoms. The van der Waals surface area contributed by atoms with Gasteiger partial charge in [0, 0.05) is 6.07 Å². The molecule has 0 aliphatic rings. The first kappa shape index (κ1) is 12.5. The summed E-state index contributed by atoms with van der Waals surface area (Å²) in [5.41, 5.74) is 0. The molecule has 2 aromatic carbocycles. The number of phosphoric acid groups is 1. The maximum Gasteiger partial charge on any atom is 0.584 e. The summed E-state index contributed by atoms with van der Waals surface area (Å²) in [5.74, 6) is 0.215. The van der Waals surface area contributed by atoms with Crippen molar-refractivity contribution in [3.63, 3.8) is 0 Å². The number of aromatic hydroxyl groups is 1. The zero-order valence-corrected chi connectivity index (χ0v) is 10.2. The van der Waals surface area contributed by atoms with Crippen molar-refractivity contribution < 1.29 is 23.6 Å². The molecule has 2 N–H and O–H groups in total. The third-order valence-corrected chi connectivity index (χ3v) is 2.89. The van der Waals surface area contributed by atoms with Gasteiger partial charge in [-0.05, 0) is 24.3 Å². The fourth-order valence-corrected chi connectivity index (χ4v) is 2.11. The van der Waals surface area contributed by atoms with Crippen LogP contribution in [0, 0.1) is 0 Å². The molecule has 0 bridgehead atoms. The molecule has 2 rings (SSSR count). The average molecular weight is 266 g/mol. The predicted molar refractivity (Wildman–Crippen MR) is 65.6 cm³/mol. The second kappa shape index (κ2) is 5.12. The van der Waals surface area contributed by atoms with Crippen LogP contribution in [0.4, 0.5) is 0 Å². The molecular formula is C12H11O5P. The van der Waals surface area contributed by atoms with Crippen LogP contribution in [0.15, 0.2) is 54.6 Å². The van der Waals surface area contributed by atoms with E-state index in [4.69, 9.17) is 9.05 Å². The second-order valence-electron chi connectivity index (χ2n) is 3.46. The minimum absolute atomic E-state index is 0.0526. The lowest BCUT2D eigenvalue weighted by Crippen LogP contribution is -1.99. The van der Waals surface area contributed by atoms with Gasteiger partial charge in [0.2, 0.25) is 0 Å². The molecule has 94 valence electrons. The first-order valence-electron chi connectivity index (χ1n) is 5.11. The van der Waals surface area contributed by atoms with Crippen LogP contribution in [-0.2, 0) is 4.57 Å². The van der Waals surface area contributed by atoms with Gasteiger partial charge in [-0.1, -0.05) is 24.3 Å². The first-order valence-corrected chi connectivity index (χ1v) is 6.61. The number of phenolic OH excluding ortho intramolecular Hbond substituents is 1. The van der Waals surface area contributed by atoms with Gasteiger partial charge in [-0.3, -0.25) is 4.89 Å². The number of phenols is 1. The number of hydrogen-bond acceptors (Lipinski definition) is 4. The van der Waals surface area contributed by atoms with Crippen LogP contribution in [0.1, 0.15) is 0 Å². The summed E-state index contributed by atoms with van der Waals surface area (Å²) in [4.78, 5) is 9.54. The normalized spacial score (nSPS) is 13.6. The molecule has 0 aromatic heterocycles. The topological polar surface area (TPSA) is 76.0 Å². The van der Waals surface area contributed by atoms with E-state index in [0.29, 0.717) is 0 Å². The maximum atomic E-state index is 11.7. The quantitative estimate of drug-likeness (QED) is 0.832. The van der Waals surface area contributed by atoms with Crippen molar-refractivity contribution in [2.24, 2.45) is 0 Å². The van der Waals surface area contributed by atoms with Gasteiger partial charge in [-0.15, -0.1) is 0 Å². The number of rotatable bonds is 4. The molecule has 0 amide bonds. The molecule has 0 fully saturated rings. The molecule has 18 heavy (non-hydrogen) atoms. The molecule has 0 radical (unpaired) electrons. The highest BCUT2D eigenvalue weighted by Crippen LogP contribution is 2.44. The van der Waals surface area contributed by atoms with Crippen molar-refractivity contribution in [2.45, 2.75) is 0 Å². The van der Waals surface area contributed by atoms with E-state index in [2.05, 4.69) is 0 Å². The molecule has 1 unspecified atom stereocenters. The highest BCUT2D eigenvalue weighted by molar-refractivity contribution is 7.48. The second-order valence-corrected chi connectivity index (χ2v) is 4.76. The monoisotopic (exact) mass is 266 g/mol. The van der Waals surface area contributed by atoms with Crippen molar-refractivity contribution >= 4 is 7.82 Å². The zero-order valence-electron chi connectivity index (χ0n) is 9.26. The van der Waals surface area contributed by atoms with E-state index in [0.717, 1.165) is 0 Å². The van der Waals surface area contributed by atoms with Gasteiger partial charge < -0.3 is 14.2 Å². The Balaban J connectivity index is 2.10. The zero-order chi connectivity index (χ0) is 13.0. The van der Waals surface area contributed by atoms with Gasteiger partial charge in [-0.2, -0.15) is 0 Å². The molecule has 0 saturated heterocycles. The SMILES string of the molecule is O=P(O)(Oc1ccccc1)Oc1cccc(O)c1. The largest absolute Gasteiger partial charge is 0.584 e. The highest BCUT2D eigenvalue weighted by atomic mass is 31.2. The Morgan fingerprint density at radius 2 is 1.50 bits per heavy atom. The standard InChI is InChI=1S/C12H11O5P/c13-10-5-4-8-12(9-10)17-18(14,15)16-11-6-2-1-3-7-11/h1-9,13H,(H,14,15). The van der Waals surface area contributed by atoms with E-state index < -0.39 is 7.82 Å². The van der Waals surface area contributed by atoms with E-state index in [9.17, 15) is 14.6 Å². The van der Waals surface area contributed by atoms with E-state index in [1.165, 1.54) is 36.4 Å². The van der Waals surface area contributed by atoms with Crippen LogP contribution in [-0.4, -0.2) is 10.00 Å². The Kier molecular flexibility index (Phi) is 3.55. The Labute approximate surface area is 104 Å². The van der Waals surface area contributed by atoms with Crippen molar-refractivity contribution in [1.82, 2.24) is 0 Å². The molecular weight excluding hydrogens is 255 g/mol. The smallest absolute Gasteiger partial charge is 0.508 e. The van der Waals surface area contributed by atoms with Gasteiger partial charge in [-0.25, -0.2) is 4.57 Å². The third kappa shape index (κ3) is 3.52. The van der Waals surface area contributed by atoms with Gasteiger partial charge in [0.1, 0.15) is 17.2 Å². The van der Waals surface area contributed by atoms with Crippen LogP contribution in [0.25, 0.3) is 0 Å². The Morgan fingerprint density at radius 3 is 2.17 bits per heavy atom. The van der Waals surface area contributed by atoms with Gasteiger partial charge in [0.25, 0.3) is 0 Å². The van der Waals surface area contributed by atoms with E-state index in [-0.39, 0.29) is 17.2 Å². The van der Waals surface area contributed by atoms with E-state index >= 15 is 0 Å².